The molecular weight excluding hydrogens is 331 g/mol. The molecule has 0 bridgehead atoms. The van der Waals surface area contributed by atoms with Gasteiger partial charge >= 0.3 is 0 Å². The van der Waals surface area contributed by atoms with Gasteiger partial charge in [0.25, 0.3) is 0 Å². The molecule has 0 aliphatic carbocycles. The molecule has 0 spiro atoms. The summed E-state index contributed by atoms with van der Waals surface area (Å²) >= 11 is 1.73. The van der Waals surface area contributed by atoms with Crippen LogP contribution >= 0.6 is 36.2 Å². The topological polar surface area (TPSA) is 48.5 Å². The Hall–Kier alpha value is -0.560. The van der Waals surface area contributed by atoms with E-state index >= 15 is 0 Å². The number of aromatic nitrogens is 1. The Balaban J connectivity index is 0.00000110. The molecule has 1 aromatic rings. The van der Waals surface area contributed by atoms with E-state index in [0.717, 1.165) is 50.7 Å². The molecule has 5 nitrogen and oxygen atoms in total. The summed E-state index contributed by atoms with van der Waals surface area (Å²) in [7, 11) is 0. The molecule has 0 radical (unpaired) electrons. The van der Waals surface area contributed by atoms with Gasteiger partial charge in [-0.2, -0.15) is 0 Å². The van der Waals surface area contributed by atoms with Crippen LogP contribution in [0.1, 0.15) is 17.7 Å². The van der Waals surface area contributed by atoms with Gasteiger partial charge in [0.15, 0.2) is 5.13 Å². The molecule has 1 amide bonds. The number of nitrogens with one attached hydrogen (secondary N) is 1. The third-order valence-electron chi connectivity index (χ3n) is 3.83. The van der Waals surface area contributed by atoms with Crippen LogP contribution in [0.4, 0.5) is 5.13 Å². The number of halogens is 2. The first kappa shape index (κ1) is 18.5. The summed E-state index contributed by atoms with van der Waals surface area (Å²) in [6.07, 6.45) is 4.03. The SMILES string of the molecule is Cc1cnc(N2CCN(C(=O)C3CCCN3)CC2)s1.Cl.Cl. The highest BCUT2D eigenvalue weighted by molar-refractivity contribution is 7.15. The van der Waals surface area contributed by atoms with Gasteiger partial charge in [-0.3, -0.25) is 4.79 Å². The maximum absolute atomic E-state index is 12.3. The predicted molar refractivity (Wildman–Crippen MR) is 91.2 cm³/mol. The minimum atomic E-state index is 0. The summed E-state index contributed by atoms with van der Waals surface area (Å²) in [5.41, 5.74) is 0. The first-order valence-corrected chi connectivity index (χ1v) is 7.75. The maximum Gasteiger partial charge on any atom is 0.239 e. The van der Waals surface area contributed by atoms with E-state index in [1.807, 2.05) is 11.1 Å². The Morgan fingerprint density at radius 3 is 2.57 bits per heavy atom. The van der Waals surface area contributed by atoms with E-state index in [2.05, 4.69) is 22.1 Å². The lowest BCUT2D eigenvalue weighted by molar-refractivity contribution is -0.133. The van der Waals surface area contributed by atoms with Crippen LogP contribution in [-0.4, -0.2) is 54.6 Å². The molecule has 3 heterocycles. The summed E-state index contributed by atoms with van der Waals surface area (Å²) < 4.78 is 0. The summed E-state index contributed by atoms with van der Waals surface area (Å²) in [6.45, 7) is 6.48. The van der Waals surface area contributed by atoms with E-state index in [9.17, 15) is 4.79 Å². The van der Waals surface area contributed by atoms with Gasteiger partial charge in [-0.25, -0.2) is 4.98 Å². The zero-order valence-electron chi connectivity index (χ0n) is 12.1. The van der Waals surface area contributed by atoms with Crippen molar-refractivity contribution in [3.63, 3.8) is 0 Å². The standard InChI is InChI=1S/C13H20N4OS.2ClH/c1-10-9-15-13(19-10)17-7-5-16(6-8-17)12(18)11-3-2-4-14-11;;/h9,11,14H,2-8H2,1H3;2*1H. The van der Waals surface area contributed by atoms with E-state index < -0.39 is 0 Å². The van der Waals surface area contributed by atoms with E-state index in [-0.39, 0.29) is 36.8 Å². The first-order valence-electron chi connectivity index (χ1n) is 6.93. The average Bonchev–Trinajstić information content (AvgIpc) is 3.09. The Morgan fingerprint density at radius 2 is 2.05 bits per heavy atom. The largest absolute Gasteiger partial charge is 0.345 e. The fourth-order valence-corrected chi connectivity index (χ4v) is 3.53. The summed E-state index contributed by atoms with van der Waals surface area (Å²) in [4.78, 5) is 22.2. The normalized spacial score (nSPS) is 21.7. The van der Waals surface area contributed by atoms with Gasteiger partial charge in [-0.05, 0) is 26.3 Å². The molecule has 2 saturated heterocycles. The molecule has 2 aliphatic heterocycles. The minimum Gasteiger partial charge on any atom is -0.345 e. The molecule has 2 aliphatic rings. The van der Waals surface area contributed by atoms with Crippen LogP contribution in [0.2, 0.25) is 0 Å². The number of anilines is 1. The number of hydrogen-bond acceptors (Lipinski definition) is 5. The van der Waals surface area contributed by atoms with Gasteiger partial charge in [0.05, 0.1) is 6.04 Å². The van der Waals surface area contributed by atoms with E-state index in [4.69, 9.17) is 0 Å². The second kappa shape index (κ2) is 8.17. The maximum atomic E-state index is 12.3. The minimum absolute atomic E-state index is 0. The summed E-state index contributed by atoms with van der Waals surface area (Å²) in [6, 6.07) is 0.0636. The van der Waals surface area contributed by atoms with E-state index in [1.54, 1.807) is 11.3 Å². The number of thiazole rings is 1. The molecule has 0 saturated carbocycles. The van der Waals surface area contributed by atoms with E-state index in [0.29, 0.717) is 0 Å². The first-order chi connectivity index (χ1) is 9.24. The van der Waals surface area contributed by atoms with E-state index in [1.165, 1.54) is 4.88 Å². The quantitative estimate of drug-likeness (QED) is 0.879. The van der Waals surface area contributed by atoms with Crippen molar-refractivity contribution >= 4 is 47.2 Å². The molecule has 2 fully saturated rings. The number of amides is 1. The number of carbonyl (C=O) groups excluding carboxylic acids is 1. The molecule has 1 aromatic heterocycles. The van der Waals surface area contributed by atoms with Gasteiger partial charge < -0.3 is 15.1 Å². The second-order valence-electron chi connectivity index (χ2n) is 5.21. The van der Waals surface area contributed by atoms with Gasteiger partial charge in [0, 0.05) is 37.3 Å². The molecule has 1 N–H and O–H groups in total. The van der Waals surface area contributed by atoms with Crippen LogP contribution in [0.3, 0.4) is 0 Å². The third kappa shape index (κ3) is 4.22. The van der Waals surface area contributed by atoms with Crippen LogP contribution in [0.25, 0.3) is 0 Å². The van der Waals surface area contributed by atoms with Crippen molar-refractivity contribution in [2.75, 3.05) is 37.6 Å². The highest BCUT2D eigenvalue weighted by Gasteiger charge is 2.29. The van der Waals surface area contributed by atoms with Gasteiger partial charge in [0.1, 0.15) is 0 Å². The van der Waals surface area contributed by atoms with Crippen molar-refractivity contribution in [2.24, 2.45) is 0 Å². The summed E-state index contributed by atoms with van der Waals surface area (Å²) in [5.74, 6) is 0.285. The lowest BCUT2D eigenvalue weighted by Crippen LogP contribution is -2.53. The number of nitrogens with zero attached hydrogens (tertiary/aromatic N) is 3. The lowest BCUT2D eigenvalue weighted by Gasteiger charge is -2.35. The predicted octanol–water partition coefficient (Wildman–Crippen LogP) is 1.70. The Kier molecular flexibility index (Phi) is 7.20. The zero-order chi connectivity index (χ0) is 13.2. The molecule has 1 unspecified atom stereocenters. The molecule has 120 valence electrons. The van der Waals surface area contributed by atoms with Gasteiger partial charge in [-0.1, -0.05) is 0 Å². The van der Waals surface area contributed by atoms with Crippen LogP contribution in [0.5, 0.6) is 0 Å². The van der Waals surface area contributed by atoms with Crippen molar-refractivity contribution < 1.29 is 4.79 Å². The zero-order valence-corrected chi connectivity index (χ0v) is 14.5. The number of rotatable bonds is 2. The lowest BCUT2D eigenvalue weighted by atomic mass is 10.2. The number of aryl methyl sites for hydroxylation is 1. The number of carbonyl (C=O) groups is 1. The van der Waals surface area contributed by atoms with Crippen molar-refractivity contribution in [3.05, 3.63) is 11.1 Å². The average molecular weight is 353 g/mol. The molecule has 3 rings (SSSR count). The van der Waals surface area contributed by atoms with Crippen molar-refractivity contribution in [1.82, 2.24) is 15.2 Å². The highest BCUT2D eigenvalue weighted by atomic mass is 35.5. The van der Waals surface area contributed by atoms with Crippen LogP contribution in [0.15, 0.2) is 6.20 Å². The molecule has 8 heteroatoms. The highest BCUT2D eigenvalue weighted by Crippen LogP contribution is 2.23. The Bertz CT molecular complexity index is 457. The third-order valence-corrected chi connectivity index (χ3v) is 4.80. The fourth-order valence-electron chi connectivity index (χ4n) is 2.72. The molecule has 1 atom stereocenters. The van der Waals surface area contributed by atoms with Crippen molar-refractivity contribution in [3.8, 4) is 0 Å². The Labute approximate surface area is 141 Å². The fraction of sp³-hybridized carbons (Fsp3) is 0.692. The Morgan fingerprint density at radius 1 is 1.33 bits per heavy atom. The van der Waals surface area contributed by atoms with Gasteiger partial charge in [0.2, 0.25) is 5.91 Å². The monoisotopic (exact) mass is 352 g/mol. The number of piperazine rings is 1. The van der Waals surface area contributed by atoms with Crippen molar-refractivity contribution in [1.29, 1.82) is 0 Å². The smallest absolute Gasteiger partial charge is 0.239 e. The van der Waals surface area contributed by atoms with Gasteiger partial charge in [-0.15, -0.1) is 36.2 Å². The molecule has 0 aromatic carbocycles. The van der Waals surface area contributed by atoms with Crippen molar-refractivity contribution in [2.45, 2.75) is 25.8 Å². The van der Waals surface area contributed by atoms with Crippen LogP contribution in [0, 0.1) is 6.92 Å². The molecular formula is C13H22Cl2N4OS. The van der Waals surface area contributed by atoms with Crippen LogP contribution < -0.4 is 10.2 Å². The van der Waals surface area contributed by atoms with Crippen LogP contribution in [-0.2, 0) is 4.79 Å². The number of hydrogen-bond donors (Lipinski definition) is 1. The molecule has 21 heavy (non-hydrogen) atoms. The summed E-state index contributed by atoms with van der Waals surface area (Å²) in [5, 5.41) is 4.37. The second-order valence-corrected chi connectivity index (χ2v) is 6.43.